The van der Waals surface area contributed by atoms with Crippen molar-refractivity contribution in [2.45, 2.75) is 26.7 Å². The molecule has 2 amide bonds. The molecule has 0 aliphatic carbocycles. The third kappa shape index (κ3) is 2.92. The van der Waals surface area contributed by atoms with Crippen molar-refractivity contribution in [1.82, 2.24) is 9.47 Å². The fourth-order valence-corrected chi connectivity index (χ4v) is 2.29. The topological polar surface area (TPSA) is 59.4 Å². The van der Waals surface area contributed by atoms with Crippen molar-refractivity contribution in [2.24, 2.45) is 12.5 Å². The molecule has 1 aromatic rings. The molecular formula is C14H18N2O3. The Morgan fingerprint density at radius 2 is 1.84 bits per heavy atom. The summed E-state index contributed by atoms with van der Waals surface area (Å²) >= 11 is 0. The van der Waals surface area contributed by atoms with Gasteiger partial charge in [0.1, 0.15) is 0 Å². The number of hydrogen-bond donors (Lipinski definition) is 0. The zero-order valence-corrected chi connectivity index (χ0v) is 11.5. The number of hydrogen-bond acceptors (Lipinski definition) is 3. The van der Waals surface area contributed by atoms with Crippen LogP contribution in [0.3, 0.4) is 0 Å². The Bertz CT molecular complexity index is 523. The number of nitrogens with zero attached hydrogens (tertiary/aromatic N) is 2. The highest BCUT2D eigenvalue weighted by Crippen LogP contribution is 2.31. The lowest BCUT2D eigenvalue weighted by Crippen LogP contribution is -2.48. The summed E-state index contributed by atoms with van der Waals surface area (Å²) in [5.41, 5.74) is 0.216. The first kappa shape index (κ1) is 13.5. The van der Waals surface area contributed by atoms with Gasteiger partial charge in [0, 0.05) is 37.8 Å². The number of aromatic nitrogens is 1. The van der Waals surface area contributed by atoms with Crippen LogP contribution in [-0.2, 0) is 16.6 Å². The quantitative estimate of drug-likeness (QED) is 0.611. The molecule has 19 heavy (non-hydrogen) atoms. The predicted octanol–water partition coefficient (Wildman–Crippen LogP) is 1.38. The highest BCUT2D eigenvalue weighted by Gasteiger charge is 2.38. The minimum Gasteiger partial charge on any atom is -0.357 e. The predicted molar refractivity (Wildman–Crippen MR) is 69.5 cm³/mol. The van der Waals surface area contributed by atoms with Crippen LogP contribution in [0.1, 0.15) is 37.0 Å². The van der Waals surface area contributed by atoms with Crippen molar-refractivity contribution in [3.05, 3.63) is 24.0 Å². The number of aryl methyl sites for hydroxylation is 1. The third-order valence-corrected chi connectivity index (χ3v) is 3.32. The van der Waals surface area contributed by atoms with Gasteiger partial charge in [-0.05, 0) is 11.5 Å². The smallest absolute Gasteiger partial charge is 0.230 e. The zero-order valence-electron chi connectivity index (χ0n) is 11.5. The molecule has 2 rings (SSSR count). The van der Waals surface area contributed by atoms with E-state index >= 15 is 0 Å². The molecule has 1 aliphatic rings. The van der Waals surface area contributed by atoms with Crippen molar-refractivity contribution in [2.75, 3.05) is 6.54 Å². The van der Waals surface area contributed by atoms with E-state index in [2.05, 4.69) is 0 Å². The zero-order chi connectivity index (χ0) is 14.2. The molecule has 5 heteroatoms. The number of piperidine rings is 1. The van der Waals surface area contributed by atoms with Gasteiger partial charge in [0.2, 0.25) is 11.8 Å². The van der Waals surface area contributed by atoms with Crippen molar-refractivity contribution >= 4 is 17.6 Å². The van der Waals surface area contributed by atoms with Crippen molar-refractivity contribution < 1.29 is 14.4 Å². The minimum atomic E-state index is -0.305. The molecule has 1 saturated heterocycles. The van der Waals surface area contributed by atoms with Gasteiger partial charge < -0.3 is 4.57 Å². The van der Waals surface area contributed by atoms with E-state index in [1.54, 1.807) is 23.0 Å². The number of ketones is 1. The van der Waals surface area contributed by atoms with Gasteiger partial charge in [0.25, 0.3) is 0 Å². The fraction of sp³-hybridized carbons (Fsp3) is 0.500. The van der Waals surface area contributed by atoms with Crippen LogP contribution in [-0.4, -0.2) is 33.6 Å². The average molecular weight is 262 g/mol. The SMILES string of the molecule is Cn1ccc(C(=O)CN2C(=O)CC(C)(C)CC2=O)c1. The Hall–Kier alpha value is -1.91. The van der Waals surface area contributed by atoms with Crippen LogP contribution in [0.25, 0.3) is 0 Å². The second-order valence-corrected chi connectivity index (χ2v) is 5.88. The summed E-state index contributed by atoms with van der Waals surface area (Å²) in [6, 6.07) is 1.69. The fourth-order valence-electron chi connectivity index (χ4n) is 2.29. The maximum absolute atomic E-state index is 12.0. The van der Waals surface area contributed by atoms with Crippen molar-refractivity contribution in [3.63, 3.8) is 0 Å². The molecule has 0 unspecified atom stereocenters. The second kappa shape index (κ2) is 4.64. The number of carbonyl (C=O) groups is 3. The molecule has 0 bridgehead atoms. The Balaban J connectivity index is 2.09. The van der Waals surface area contributed by atoms with Crippen LogP contribution >= 0.6 is 0 Å². The Labute approximate surface area is 112 Å². The van der Waals surface area contributed by atoms with Crippen LogP contribution in [0.5, 0.6) is 0 Å². The van der Waals surface area contributed by atoms with Gasteiger partial charge in [-0.25, -0.2) is 0 Å². The van der Waals surface area contributed by atoms with Gasteiger partial charge >= 0.3 is 0 Å². The molecule has 2 heterocycles. The summed E-state index contributed by atoms with van der Waals surface area (Å²) in [6.45, 7) is 3.62. The van der Waals surface area contributed by atoms with Crippen molar-refractivity contribution in [3.8, 4) is 0 Å². The monoisotopic (exact) mass is 262 g/mol. The molecule has 0 radical (unpaired) electrons. The molecule has 1 aromatic heterocycles. The van der Waals surface area contributed by atoms with Gasteiger partial charge in [-0.2, -0.15) is 0 Å². The van der Waals surface area contributed by atoms with Crippen LogP contribution in [0.15, 0.2) is 18.5 Å². The highest BCUT2D eigenvalue weighted by atomic mass is 16.2. The first-order valence-corrected chi connectivity index (χ1v) is 6.27. The van der Waals surface area contributed by atoms with E-state index in [0.29, 0.717) is 18.4 Å². The molecule has 0 aromatic carbocycles. The largest absolute Gasteiger partial charge is 0.357 e. The number of likely N-dealkylation sites (tertiary alicyclic amines) is 1. The maximum Gasteiger partial charge on any atom is 0.230 e. The first-order chi connectivity index (χ1) is 8.78. The highest BCUT2D eigenvalue weighted by molar-refractivity contribution is 6.05. The van der Waals surface area contributed by atoms with Crippen molar-refractivity contribution in [1.29, 1.82) is 0 Å². The van der Waals surface area contributed by atoms with Crippen LogP contribution in [0.4, 0.5) is 0 Å². The Morgan fingerprint density at radius 1 is 1.26 bits per heavy atom. The Kier molecular flexibility index (Phi) is 3.30. The van der Waals surface area contributed by atoms with E-state index in [1.807, 2.05) is 20.9 Å². The molecule has 1 fully saturated rings. The number of rotatable bonds is 3. The lowest BCUT2D eigenvalue weighted by Gasteiger charge is -2.34. The van der Waals surface area contributed by atoms with Gasteiger partial charge in [0.15, 0.2) is 5.78 Å². The van der Waals surface area contributed by atoms with E-state index < -0.39 is 0 Å². The first-order valence-electron chi connectivity index (χ1n) is 6.27. The average Bonchev–Trinajstić information content (AvgIpc) is 2.69. The van der Waals surface area contributed by atoms with Gasteiger partial charge in [-0.1, -0.05) is 13.8 Å². The molecule has 102 valence electrons. The van der Waals surface area contributed by atoms with Crippen LogP contribution in [0.2, 0.25) is 0 Å². The summed E-state index contributed by atoms with van der Waals surface area (Å²) in [5.74, 6) is -0.724. The molecule has 1 aliphatic heterocycles. The number of carbonyl (C=O) groups excluding carboxylic acids is 3. The van der Waals surface area contributed by atoms with E-state index in [9.17, 15) is 14.4 Å². The number of amides is 2. The van der Waals surface area contributed by atoms with E-state index in [1.165, 1.54) is 0 Å². The standard InChI is InChI=1S/C14H18N2O3/c1-14(2)6-12(18)16(13(19)7-14)9-11(17)10-4-5-15(3)8-10/h4-5,8H,6-7,9H2,1-3H3. The minimum absolute atomic E-state index is 0.155. The molecule has 0 atom stereocenters. The summed E-state index contributed by atoms with van der Waals surface area (Å²) in [4.78, 5) is 37.0. The van der Waals surface area contributed by atoms with E-state index in [0.717, 1.165) is 4.90 Å². The summed E-state index contributed by atoms with van der Waals surface area (Å²) in [7, 11) is 1.82. The maximum atomic E-state index is 12.0. The number of imide groups is 1. The molecule has 5 nitrogen and oxygen atoms in total. The summed E-state index contributed by atoms with van der Waals surface area (Å²) in [5, 5.41) is 0. The summed E-state index contributed by atoms with van der Waals surface area (Å²) in [6.07, 6.45) is 4.06. The molecule has 0 saturated carbocycles. The lowest BCUT2D eigenvalue weighted by molar-refractivity contribution is -0.151. The van der Waals surface area contributed by atoms with Gasteiger partial charge in [-0.3, -0.25) is 19.3 Å². The Morgan fingerprint density at radius 3 is 2.32 bits per heavy atom. The molecular weight excluding hydrogens is 244 g/mol. The van der Waals surface area contributed by atoms with Crippen LogP contribution < -0.4 is 0 Å². The lowest BCUT2D eigenvalue weighted by atomic mass is 9.81. The van der Waals surface area contributed by atoms with E-state index in [4.69, 9.17) is 0 Å². The summed E-state index contributed by atoms with van der Waals surface area (Å²) < 4.78 is 1.76. The van der Waals surface area contributed by atoms with Gasteiger partial charge in [0.05, 0.1) is 6.54 Å². The second-order valence-electron chi connectivity index (χ2n) is 5.88. The third-order valence-electron chi connectivity index (χ3n) is 3.32. The molecule has 0 N–H and O–H groups in total. The van der Waals surface area contributed by atoms with Gasteiger partial charge in [-0.15, -0.1) is 0 Å². The van der Waals surface area contributed by atoms with E-state index in [-0.39, 0.29) is 29.6 Å². The van der Waals surface area contributed by atoms with Crippen LogP contribution in [0, 0.1) is 5.41 Å². The molecule has 0 spiro atoms. The number of Topliss-reactive ketones (excluding diaryl/α,β-unsaturated/α-hetero) is 1. The normalized spacial score (nSPS) is 18.8.